The van der Waals surface area contributed by atoms with E-state index in [1.165, 1.54) is 30.3 Å². The minimum Gasteiger partial charge on any atom is -0.484 e. The van der Waals surface area contributed by atoms with Gasteiger partial charge >= 0.3 is 0 Å². The smallest absolute Gasteiger partial charge is 0.261 e. The van der Waals surface area contributed by atoms with Gasteiger partial charge in [0.15, 0.2) is 6.61 Å². The predicted molar refractivity (Wildman–Crippen MR) is 117 cm³/mol. The van der Waals surface area contributed by atoms with Gasteiger partial charge in [-0.05, 0) is 67.4 Å². The molecule has 0 aliphatic heterocycles. The number of ether oxygens (including phenoxy) is 1. The predicted octanol–water partition coefficient (Wildman–Crippen LogP) is 4.19. The van der Waals surface area contributed by atoms with Gasteiger partial charge in [0, 0.05) is 5.69 Å². The van der Waals surface area contributed by atoms with E-state index in [4.69, 9.17) is 4.74 Å². The number of rotatable bonds is 8. The molecule has 0 saturated heterocycles. The fourth-order valence-electron chi connectivity index (χ4n) is 2.93. The number of para-hydroxylation sites is 1. The van der Waals surface area contributed by atoms with Gasteiger partial charge in [0.1, 0.15) is 11.6 Å². The Labute approximate surface area is 181 Å². The lowest BCUT2D eigenvalue weighted by molar-refractivity contribution is -0.123. The van der Waals surface area contributed by atoms with E-state index in [0.717, 1.165) is 5.56 Å². The molecule has 0 fully saturated rings. The maximum Gasteiger partial charge on any atom is 0.261 e. The molecule has 1 amide bonds. The van der Waals surface area contributed by atoms with Crippen LogP contribution in [0.3, 0.4) is 0 Å². The summed E-state index contributed by atoms with van der Waals surface area (Å²) in [6.07, 6.45) is 0. The van der Waals surface area contributed by atoms with Crippen molar-refractivity contribution in [1.29, 1.82) is 0 Å². The second-order valence-electron chi connectivity index (χ2n) is 7.03. The number of sulfonamides is 1. The van der Waals surface area contributed by atoms with Crippen LogP contribution >= 0.6 is 0 Å². The highest BCUT2D eigenvalue weighted by Crippen LogP contribution is 2.23. The number of benzene rings is 3. The molecule has 3 aromatic carbocycles. The first-order chi connectivity index (χ1) is 14.7. The van der Waals surface area contributed by atoms with Gasteiger partial charge in [0.25, 0.3) is 15.9 Å². The van der Waals surface area contributed by atoms with Gasteiger partial charge in [-0.25, -0.2) is 12.8 Å². The van der Waals surface area contributed by atoms with E-state index in [9.17, 15) is 17.6 Å². The van der Waals surface area contributed by atoms with E-state index in [2.05, 4.69) is 10.0 Å². The molecule has 6 nitrogen and oxygen atoms in total. The number of hydrogen-bond donors (Lipinski definition) is 2. The van der Waals surface area contributed by atoms with Gasteiger partial charge in [-0.2, -0.15) is 0 Å². The number of carbonyl (C=O) groups is 1. The zero-order chi connectivity index (χ0) is 22.4. The van der Waals surface area contributed by atoms with Crippen LogP contribution < -0.4 is 14.8 Å². The first kappa shape index (κ1) is 22.3. The Kier molecular flexibility index (Phi) is 6.91. The fourth-order valence-corrected chi connectivity index (χ4v) is 4.08. The second-order valence-corrected chi connectivity index (χ2v) is 8.71. The van der Waals surface area contributed by atoms with Crippen molar-refractivity contribution in [2.45, 2.75) is 24.8 Å². The Hall–Kier alpha value is -3.39. The fraction of sp³-hybridized carbons (Fsp3) is 0.174. The molecule has 0 saturated carbocycles. The lowest BCUT2D eigenvalue weighted by atomic mass is 10.1. The summed E-state index contributed by atoms with van der Waals surface area (Å²) in [5.41, 5.74) is 1.81. The lowest BCUT2D eigenvalue weighted by Gasteiger charge is -2.16. The highest BCUT2D eigenvalue weighted by atomic mass is 32.2. The third-order valence-corrected chi connectivity index (χ3v) is 5.97. The summed E-state index contributed by atoms with van der Waals surface area (Å²) in [6.45, 7) is 3.26. The Balaban J connectivity index is 1.60. The van der Waals surface area contributed by atoms with Crippen LogP contribution in [-0.2, 0) is 14.8 Å². The molecule has 0 unspecified atom stereocenters. The molecule has 0 radical (unpaired) electrons. The Morgan fingerprint density at radius 1 is 1.03 bits per heavy atom. The van der Waals surface area contributed by atoms with Gasteiger partial charge in [-0.1, -0.05) is 30.3 Å². The van der Waals surface area contributed by atoms with Crippen LogP contribution in [-0.4, -0.2) is 20.9 Å². The molecule has 0 aliphatic rings. The van der Waals surface area contributed by atoms with E-state index < -0.39 is 10.0 Å². The van der Waals surface area contributed by atoms with Crippen LogP contribution in [0.25, 0.3) is 0 Å². The number of carbonyl (C=O) groups excluding carboxylic acids is 1. The molecule has 0 aromatic heterocycles. The first-order valence-corrected chi connectivity index (χ1v) is 11.1. The largest absolute Gasteiger partial charge is 0.484 e. The summed E-state index contributed by atoms with van der Waals surface area (Å²) in [7, 11) is -3.75. The van der Waals surface area contributed by atoms with E-state index in [1.54, 1.807) is 56.3 Å². The van der Waals surface area contributed by atoms with Crippen molar-refractivity contribution >= 4 is 21.6 Å². The minimum absolute atomic E-state index is 0.0931. The normalized spacial score (nSPS) is 12.1. The number of anilines is 1. The van der Waals surface area contributed by atoms with Crippen LogP contribution in [0.1, 0.15) is 24.1 Å². The summed E-state index contributed by atoms with van der Waals surface area (Å²) >= 11 is 0. The molecule has 8 heteroatoms. The summed E-state index contributed by atoms with van der Waals surface area (Å²) in [6, 6.07) is 18.6. The standard InChI is InChI=1S/C23H23FN2O4S/c1-16-14-21(31(28,29)26-20-6-4-3-5-7-20)12-13-22(16)30-15-23(27)25-17(2)18-8-10-19(24)11-9-18/h3-14,17,26H,15H2,1-2H3,(H,25,27)/t17-/m1/s1. The van der Waals surface area contributed by atoms with E-state index in [1.807, 2.05) is 0 Å². The number of nitrogens with one attached hydrogen (secondary N) is 2. The van der Waals surface area contributed by atoms with Crippen molar-refractivity contribution in [3.63, 3.8) is 0 Å². The van der Waals surface area contributed by atoms with E-state index in [0.29, 0.717) is 17.0 Å². The van der Waals surface area contributed by atoms with Crippen LogP contribution in [0.15, 0.2) is 77.7 Å². The Bertz CT molecular complexity index is 1150. The van der Waals surface area contributed by atoms with Gasteiger partial charge in [-0.3, -0.25) is 9.52 Å². The summed E-state index contributed by atoms with van der Waals surface area (Å²) in [5.74, 6) is -0.285. The SMILES string of the molecule is Cc1cc(S(=O)(=O)Nc2ccccc2)ccc1OCC(=O)N[C@H](C)c1ccc(F)cc1. The zero-order valence-corrected chi connectivity index (χ0v) is 17.9. The van der Waals surface area contributed by atoms with Crippen molar-refractivity contribution in [2.24, 2.45) is 0 Å². The van der Waals surface area contributed by atoms with Crippen LogP contribution in [0.4, 0.5) is 10.1 Å². The monoisotopic (exact) mass is 442 g/mol. The zero-order valence-electron chi connectivity index (χ0n) is 17.1. The van der Waals surface area contributed by atoms with Gasteiger partial charge < -0.3 is 10.1 Å². The van der Waals surface area contributed by atoms with Crippen LogP contribution in [0, 0.1) is 12.7 Å². The molecular weight excluding hydrogens is 419 g/mol. The molecule has 2 N–H and O–H groups in total. The highest BCUT2D eigenvalue weighted by Gasteiger charge is 2.16. The van der Waals surface area contributed by atoms with Crippen molar-refractivity contribution in [3.05, 3.63) is 89.7 Å². The maximum absolute atomic E-state index is 13.0. The van der Waals surface area contributed by atoms with Crippen molar-refractivity contribution in [1.82, 2.24) is 5.32 Å². The summed E-state index contributed by atoms with van der Waals surface area (Å²) in [5, 5.41) is 2.78. The quantitative estimate of drug-likeness (QED) is 0.548. The minimum atomic E-state index is -3.75. The Morgan fingerprint density at radius 2 is 1.71 bits per heavy atom. The molecule has 31 heavy (non-hydrogen) atoms. The molecule has 0 bridgehead atoms. The number of amides is 1. The molecule has 0 spiro atoms. The van der Waals surface area contributed by atoms with E-state index >= 15 is 0 Å². The molecule has 1 atom stereocenters. The van der Waals surface area contributed by atoms with Gasteiger partial charge in [0.05, 0.1) is 10.9 Å². The van der Waals surface area contributed by atoms with E-state index in [-0.39, 0.29) is 29.3 Å². The maximum atomic E-state index is 13.0. The Morgan fingerprint density at radius 3 is 2.35 bits per heavy atom. The van der Waals surface area contributed by atoms with Crippen LogP contribution in [0.5, 0.6) is 5.75 Å². The average molecular weight is 443 g/mol. The van der Waals surface area contributed by atoms with Gasteiger partial charge in [0.2, 0.25) is 0 Å². The summed E-state index contributed by atoms with van der Waals surface area (Å²) in [4.78, 5) is 12.3. The van der Waals surface area contributed by atoms with Crippen molar-refractivity contribution < 1.29 is 22.3 Å². The lowest BCUT2D eigenvalue weighted by Crippen LogP contribution is -2.31. The molecule has 3 rings (SSSR count). The number of halogens is 1. The summed E-state index contributed by atoms with van der Waals surface area (Å²) < 4.78 is 46.2. The van der Waals surface area contributed by atoms with Crippen LogP contribution in [0.2, 0.25) is 0 Å². The molecule has 3 aromatic rings. The molecule has 0 heterocycles. The highest BCUT2D eigenvalue weighted by molar-refractivity contribution is 7.92. The van der Waals surface area contributed by atoms with Crippen molar-refractivity contribution in [2.75, 3.05) is 11.3 Å². The molecular formula is C23H23FN2O4S. The number of hydrogen-bond acceptors (Lipinski definition) is 4. The third-order valence-electron chi connectivity index (χ3n) is 4.59. The van der Waals surface area contributed by atoms with Gasteiger partial charge in [-0.15, -0.1) is 0 Å². The average Bonchev–Trinajstić information content (AvgIpc) is 2.73. The molecule has 0 aliphatic carbocycles. The topological polar surface area (TPSA) is 84.5 Å². The second kappa shape index (κ2) is 9.61. The van der Waals surface area contributed by atoms with Crippen molar-refractivity contribution in [3.8, 4) is 5.75 Å². The number of aryl methyl sites for hydroxylation is 1. The third kappa shape index (κ3) is 6.05. The molecule has 162 valence electrons. The first-order valence-electron chi connectivity index (χ1n) is 9.61.